The van der Waals surface area contributed by atoms with Crippen molar-refractivity contribution in [1.82, 2.24) is 14.3 Å². The van der Waals surface area contributed by atoms with Crippen LogP contribution in [0.1, 0.15) is 44.7 Å². The predicted molar refractivity (Wildman–Crippen MR) is 131 cm³/mol. The summed E-state index contributed by atoms with van der Waals surface area (Å²) in [6, 6.07) is 3.74. The summed E-state index contributed by atoms with van der Waals surface area (Å²) in [7, 11) is 0. The van der Waals surface area contributed by atoms with Crippen molar-refractivity contribution in [2.24, 2.45) is 0 Å². The first-order valence-electron chi connectivity index (χ1n) is 10.5. The topological polar surface area (TPSA) is 75.9 Å². The third-order valence-corrected chi connectivity index (χ3v) is 6.43. The van der Waals surface area contributed by atoms with Crippen molar-refractivity contribution in [1.29, 1.82) is 0 Å². The number of nitrogens with zero attached hydrogens (tertiary/aromatic N) is 3. The van der Waals surface area contributed by atoms with Crippen LogP contribution < -0.4 is 10.9 Å². The highest BCUT2D eigenvalue weighted by Crippen LogP contribution is 2.34. The molecular formula is C22H28N4O3S2. The van der Waals surface area contributed by atoms with E-state index in [1.807, 2.05) is 39.8 Å². The van der Waals surface area contributed by atoms with Gasteiger partial charge in [-0.15, -0.1) is 0 Å². The number of hydrogen-bond acceptors (Lipinski definition) is 7. The number of pyridine rings is 1. The van der Waals surface area contributed by atoms with E-state index in [1.54, 1.807) is 17.2 Å². The van der Waals surface area contributed by atoms with E-state index in [4.69, 9.17) is 17.0 Å². The number of rotatable bonds is 9. The lowest BCUT2D eigenvalue weighted by molar-refractivity contribution is -0.123. The van der Waals surface area contributed by atoms with Crippen molar-refractivity contribution in [2.75, 3.05) is 25.1 Å². The summed E-state index contributed by atoms with van der Waals surface area (Å²) in [5.74, 6) is 0.291. The number of hydrogen-bond donors (Lipinski definition) is 1. The van der Waals surface area contributed by atoms with E-state index in [2.05, 4.69) is 10.3 Å². The van der Waals surface area contributed by atoms with Crippen LogP contribution >= 0.6 is 24.0 Å². The van der Waals surface area contributed by atoms with Crippen molar-refractivity contribution in [2.45, 2.75) is 46.6 Å². The third kappa shape index (κ3) is 5.16. The number of anilines is 1. The van der Waals surface area contributed by atoms with Crippen molar-refractivity contribution in [3.8, 4) is 0 Å². The number of carbonyl (C=O) groups excluding carboxylic acids is 1. The molecule has 3 heterocycles. The Hall–Kier alpha value is -2.23. The smallest absolute Gasteiger partial charge is 0.267 e. The number of fused-ring (bicyclic) bond motifs is 1. The summed E-state index contributed by atoms with van der Waals surface area (Å²) in [5, 5.41) is 3.25. The number of carbonyl (C=O) groups is 1. The zero-order valence-electron chi connectivity index (χ0n) is 18.3. The molecule has 0 saturated carbocycles. The van der Waals surface area contributed by atoms with Crippen LogP contribution in [-0.2, 0) is 9.53 Å². The molecule has 0 spiro atoms. The molecule has 1 saturated heterocycles. The van der Waals surface area contributed by atoms with Gasteiger partial charge >= 0.3 is 0 Å². The SMILES string of the molecule is CCOCCCNc1nc2ccc(C)cn2c(=O)c1C=C1SC(=S)N(C(C)CC)C1=O. The molecule has 2 aromatic rings. The van der Waals surface area contributed by atoms with Gasteiger partial charge in [0, 0.05) is 32.0 Å². The molecule has 1 unspecified atom stereocenters. The molecule has 1 fully saturated rings. The Morgan fingerprint density at radius 1 is 1.32 bits per heavy atom. The second kappa shape index (κ2) is 10.4. The van der Waals surface area contributed by atoms with Gasteiger partial charge in [0.1, 0.15) is 15.8 Å². The normalized spacial score (nSPS) is 16.5. The second-order valence-corrected chi connectivity index (χ2v) is 9.08. The third-order valence-electron chi connectivity index (χ3n) is 5.10. The van der Waals surface area contributed by atoms with Crippen molar-refractivity contribution >= 4 is 51.7 Å². The first-order chi connectivity index (χ1) is 14.9. The van der Waals surface area contributed by atoms with Crippen LogP contribution in [0.4, 0.5) is 5.82 Å². The van der Waals surface area contributed by atoms with E-state index in [-0.39, 0.29) is 17.5 Å². The average Bonchev–Trinajstić information content (AvgIpc) is 3.03. The molecule has 166 valence electrons. The zero-order chi connectivity index (χ0) is 22.5. The molecule has 9 heteroatoms. The molecule has 0 bridgehead atoms. The Morgan fingerprint density at radius 2 is 2.10 bits per heavy atom. The fraction of sp³-hybridized carbons (Fsp3) is 0.455. The highest BCUT2D eigenvalue weighted by atomic mass is 32.2. The Morgan fingerprint density at radius 3 is 2.81 bits per heavy atom. The number of aromatic nitrogens is 2. The number of amides is 1. The number of thiocarbonyl (C=S) groups is 1. The van der Waals surface area contributed by atoms with Gasteiger partial charge in [-0.1, -0.05) is 37.0 Å². The van der Waals surface area contributed by atoms with Crippen molar-refractivity contribution in [3.05, 3.63) is 44.7 Å². The number of thioether (sulfide) groups is 1. The van der Waals surface area contributed by atoms with Crippen LogP contribution in [0, 0.1) is 6.92 Å². The van der Waals surface area contributed by atoms with Gasteiger partial charge in [-0.25, -0.2) is 4.98 Å². The Kier molecular flexibility index (Phi) is 7.85. The standard InChI is InChI=1S/C22H28N4O3S2/c1-5-15(4)26-21(28)17(31-22(26)30)12-16-19(23-10-7-11-29-6-2)24-18-9-8-14(3)13-25(18)20(16)27/h8-9,12-13,15,23H,5-7,10-11H2,1-4H3. The summed E-state index contributed by atoms with van der Waals surface area (Å²) in [4.78, 5) is 33.0. The zero-order valence-corrected chi connectivity index (χ0v) is 19.9. The number of aryl methyl sites for hydroxylation is 1. The van der Waals surface area contributed by atoms with Gasteiger partial charge in [-0.2, -0.15) is 0 Å². The van der Waals surface area contributed by atoms with Crippen LogP contribution in [0.3, 0.4) is 0 Å². The predicted octanol–water partition coefficient (Wildman–Crippen LogP) is 3.84. The molecule has 1 atom stereocenters. The Balaban J connectivity index is 2.02. The summed E-state index contributed by atoms with van der Waals surface area (Å²) < 4.78 is 7.41. The summed E-state index contributed by atoms with van der Waals surface area (Å²) in [6.07, 6.45) is 4.95. The summed E-state index contributed by atoms with van der Waals surface area (Å²) in [6.45, 7) is 9.74. The van der Waals surface area contributed by atoms with Crippen LogP contribution in [-0.4, -0.2) is 50.3 Å². The van der Waals surface area contributed by atoms with Gasteiger partial charge in [-0.05, 0) is 51.3 Å². The molecule has 2 aromatic heterocycles. The Bertz CT molecular complexity index is 1080. The lowest BCUT2D eigenvalue weighted by Gasteiger charge is -2.21. The van der Waals surface area contributed by atoms with Crippen LogP contribution in [0.25, 0.3) is 11.7 Å². The lowest BCUT2D eigenvalue weighted by Crippen LogP contribution is -2.36. The molecule has 1 aliphatic heterocycles. The van der Waals surface area contributed by atoms with E-state index in [0.717, 1.165) is 18.4 Å². The fourth-order valence-corrected chi connectivity index (χ4v) is 4.67. The van der Waals surface area contributed by atoms with Gasteiger partial charge in [0.15, 0.2) is 0 Å². The maximum Gasteiger partial charge on any atom is 0.267 e. The molecule has 0 radical (unpaired) electrons. The maximum absolute atomic E-state index is 13.3. The highest BCUT2D eigenvalue weighted by Gasteiger charge is 2.35. The fourth-order valence-electron chi connectivity index (χ4n) is 3.22. The molecule has 0 aromatic carbocycles. The van der Waals surface area contributed by atoms with E-state index in [1.165, 1.54) is 16.2 Å². The van der Waals surface area contributed by atoms with Gasteiger partial charge in [0.2, 0.25) is 0 Å². The number of ether oxygens (including phenoxy) is 1. The quantitative estimate of drug-likeness (QED) is 0.346. The molecule has 0 aliphatic carbocycles. The van der Waals surface area contributed by atoms with Crippen LogP contribution in [0.2, 0.25) is 0 Å². The van der Waals surface area contributed by atoms with Crippen LogP contribution in [0.5, 0.6) is 0 Å². The maximum atomic E-state index is 13.3. The first-order valence-corrected chi connectivity index (χ1v) is 11.7. The lowest BCUT2D eigenvalue weighted by atomic mass is 10.2. The first kappa shape index (κ1) is 23.4. The molecule has 31 heavy (non-hydrogen) atoms. The molecule has 1 N–H and O–H groups in total. The second-order valence-electron chi connectivity index (χ2n) is 7.40. The van der Waals surface area contributed by atoms with E-state index < -0.39 is 0 Å². The van der Waals surface area contributed by atoms with E-state index in [9.17, 15) is 9.59 Å². The van der Waals surface area contributed by atoms with Gasteiger partial charge in [0.05, 0.1) is 10.5 Å². The summed E-state index contributed by atoms with van der Waals surface area (Å²) in [5.41, 5.74) is 1.62. The van der Waals surface area contributed by atoms with E-state index >= 15 is 0 Å². The highest BCUT2D eigenvalue weighted by molar-refractivity contribution is 8.26. The molecular weight excluding hydrogens is 432 g/mol. The minimum absolute atomic E-state index is 0.00744. The van der Waals surface area contributed by atoms with Crippen LogP contribution in [0.15, 0.2) is 28.0 Å². The summed E-state index contributed by atoms with van der Waals surface area (Å²) >= 11 is 6.65. The van der Waals surface area contributed by atoms with Crippen molar-refractivity contribution in [3.63, 3.8) is 0 Å². The molecule has 7 nitrogen and oxygen atoms in total. The average molecular weight is 461 g/mol. The largest absolute Gasteiger partial charge is 0.382 e. The van der Waals surface area contributed by atoms with Crippen molar-refractivity contribution < 1.29 is 9.53 Å². The van der Waals surface area contributed by atoms with Gasteiger partial charge < -0.3 is 10.1 Å². The molecule has 1 aliphatic rings. The monoisotopic (exact) mass is 460 g/mol. The van der Waals surface area contributed by atoms with Gasteiger partial charge in [0.25, 0.3) is 11.5 Å². The molecule has 3 rings (SSSR count). The minimum atomic E-state index is -0.227. The van der Waals surface area contributed by atoms with E-state index in [0.29, 0.717) is 46.0 Å². The molecule has 1 amide bonds. The number of nitrogens with one attached hydrogen (secondary N) is 1. The Labute approximate surface area is 191 Å². The minimum Gasteiger partial charge on any atom is -0.382 e. The van der Waals surface area contributed by atoms with Gasteiger partial charge in [-0.3, -0.25) is 18.9 Å².